The molecule has 1 aliphatic carbocycles. The van der Waals surface area contributed by atoms with Crippen molar-refractivity contribution in [2.24, 2.45) is 13.0 Å². The van der Waals surface area contributed by atoms with Crippen molar-refractivity contribution in [2.75, 3.05) is 26.8 Å². The second-order valence-electron chi connectivity index (χ2n) is 10.0. The average molecular weight is 477 g/mol. The number of pyridine rings is 1. The monoisotopic (exact) mass is 476 g/mol. The minimum Gasteiger partial charge on any atom is -0.385 e. The number of fused-ring (bicyclic) bond motifs is 1. The predicted molar refractivity (Wildman–Crippen MR) is 137 cm³/mol. The number of aryl methyl sites for hydroxylation is 2. The van der Waals surface area contributed by atoms with Gasteiger partial charge < -0.3 is 24.1 Å². The van der Waals surface area contributed by atoms with E-state index in [4.69, 9.17) is 4.74 Å². The molecule has 3 heterocycles. The molecule has 186 valence electrons. The lowest BCUT2D eigenvalue weighted by Crippen LogP contribution is -2.47. The summed E-state index contributed by atoms with van der Waals surface area (Å²) in [6.07, 6.45) is 7.98. The summed E-state index contributed by atoms with van der Waals surface area (Å²) in [6.45, 7) is 3.76. The molecule has 2 aromatic heterocycles. The van der Waals surface area contributed by atoms with Gasteiger partial charge in [0.1, 0.15) is 0 Å². The van der Waals surface area contributed by atoms with Gasteiger partial charge in [0.25, 0.3) is 5.56 Å². The third-order valence-electron chi connectivity index (χ3n) is 7.59. The van der Waals surface area contributed by atoms with Gasteiger partial charge in [-0.3, -0.25) is 9.59 Å². The van der Waals surface area contributed by atoms with Crippen molar-refractivity contribution < 1.29 is 9.53 Å². The van der Waals surface area contributed by atoms with Gasteiger partial charge >= 0.3 is 0 Å². The molecule has 0 radical (unpaired) electrons. The molecule has 1 amide bonds. The standard InChI is InChI=1S/C28H36N4O3/c1-30-14-11-20(16-27(30)33)23-10-12-29-17-25(23)28(34)32(22-8-9-22)19-21-18-31(13-5-15-35-2)26-7-4-3-6-24(21)26/h3-4,6-7,11,14,16,18,22-23,25,29H,5,8-10,12-13,15,17,19H2,1-2H3/t23-,25+/m0/s1. The van der Waals surface area contributed by atoms with E-state index in [-0.39, 0.29) is 23.3 Å². The maximum absolute atomic E-state index is 14.1. The first-order valence-corrected chi connectivity index (χ1v) is 12.8. The summed E-state index contributed by atoms with van der Waals surface area (Å²) in [4.78, 5) is 28.5. The molecule has 2 aliphatic rings. The van der Waals surface area contributed by atoms with Crippen LogP contribution >= 0.6 is 0 Å². The van der Waals surface area contributed by atoms with Gasteiger partial charge in [0.15, 0.2) is 0 Å². The molecule has 2 atom stereocenters. The van der Waals surface area contributed by atoms with Gasteiger partial charge in [-0.05, 0) is 61.4 Å². The summed E-state index contributed by atoms with van der Waals surface area (Å²) < 4.78 is 9.13. The Balaban J connectivity index is 1.42. The number of carbonyl (C=O) groups excluding carboxylic acids is 1. The number of para-hydroxylation sites is 1. The van der Waals surface area contributed by atoms with Crippen molar-refractivity contribution in [1.82, 2.24) is 19.4 Å². The minimum absolute atomic E-state index is 0.0208. The molecule has 0 unspecified atom stereocenters. The third-order valence-corrected chi connectivity index (χ3v) is 7.59. The van der Waals surface area contributed by atoms with Crippen LogP contribution in [0.5, 0.6) is 0 Å². The Labute approximate surface area is 206 Å². The second-order valence-corrected chi connectivity index (χ2v) is 10.0. The minimum atomic E-state index is -0.161. The zero-order valence-corrected chi connectivity index (χ0v) is 20.8. The van der Waals surface area contributed by atoms with Gasteiger partial charge in [-0.15, -0.1) is 0 Å². The Kier molecular flexibility index (Phi) is 7.07. The molecule has 3 aromatic rings. The number of nitrogens with one attached hydrogen (secondary N) is 1. The number of ether oxygens (including phenoxy) is 1. The number of nitrogens with zero attached hydrogens (tertiary/aromatic N) is 3. The van der Waals surface area contributed by atoms with Crippen LogP contribution in [-0.2, 0) is 29.7 Å². The van der Waals surface area contributed by atoms with Gasteiger partial charge in [0.2, 0.25) is 5.91 Å². The summed E-state index contributed by atoms with van der Waals surface area (Å²) in [5, 5.41) is 4.65. The zero-order valence-electron chi connectivity index (χ0n) is 20.8. The maximum atomic E-state index is 14.1. The van der Waals surface area contributed by atoms with E-state index in [1.54, 1.807) is 24.8 Å². The van der Waals surface area contributed by atoms with E-state index in [1.807, 2.05) is 12.3 Å². The number of hydrogen-bond acceptors (Lipinski definition) is 4. The highest BCUT2D eigenvalue weighted by molar-refractivity contribution is 5.85. The van der Waals surface area contributed by atoms with Crippen LogP contribution in [0.4, 0.5) is 0 Å². The highest BCUT2D eigenvalue weighted by Gasteiger charge is 2.40. The summed E-state index contributed by atoms with van der Waals surface area (Å²) in [7, 11) is 3.50. The Hall–Kier alpha value is -2.90. The topological polar surface area (TPSA) is 68.5 Å². The molecule has 0 bridgehead atoms. The fraction of sp³-hybridized carbons (Fsp3) is 0.500. The van der Waals surface area contributed by atoms with Crippen LogP contribution in [0, 0.1) is 5.92 Å². The number of piperidine rings is 1. The summed E-state index contributed by atoms with van der Waals surface area (Å²) in [5.74, 6) is 0.113. The lowest BCUT2D eigenvalue weighted by atomic mass is 9.80. The molecular weight excluding hydrogens is 440 g/mol. The van der Waals surface area contributed by atoms with Crippen molar-refractivity contribution in [3.8, 4) is 0 Å². The van der Waals surface area contributed by atoms with Crippen LogP contribution in [0.3, 0.4) is 0 Å². The Morgan fingerprint density at radius 1 is 1.20 bits per heavy atom. The molecule has 5 rings (SSSR count). The first-order valence-electron chi connectivity index (χ1n) is 12.8. The Bertz CT molecular complexity index is 1240. The molecule has 1 N–H and O–H groups in total. The van der Waals surface area contributed by atoms with Crippen molar-refractivity contribution in [3.63, 3.8) is 0 Å². The van der Waals surface area contributed by atoms with Gasteiger partial charge in [-0.2, -0.15) is 0 Å². The summed E-state index contributed by atoms with van der Waals surface area (Å²) in [6, 6.07) is 12.5. The van der Waals surface area contributed by atoms with Crippen LogP contribution in [0.2, 0.25) is 0 Å². The third kappa shape index (κ3) is 5.07. The van der Waals surface area contributed by atoms with E-state index in [2.05, 4.69) is 45.2 Å². The van der Waals surface area contributed by atoms with E-state index in [0.717, 1.165) is 50.9 Å². The number of methoxy groups -OCH3 is 1. The van der Waals surface area contributed by atoms with Crippen molar-refractivity contribution in [2.45, 2.75) is 50.7 Å². The highest BCUT2D eigenvalue weighted by atomic mass is 16.5. The number of amides is 1. The predicted octanol–water partition coefficient (Wildman–Crippen LogP) is 3.26. The number of aromatic nitrogens is 2. The first kappa shape index (κ1) is 23.8. The molecule has 1 saturated carbocycles. The van der Waals surface area contributed by atoms with Gasteiger partial charge in [-0.1, -0.05) is 18.2 Å². The molecule has 7 heteroatoms. The number of benzene rings is 1. The van der Waals surface area contributed by atoms with Crippen LogP contribution in [-0.4, -0.2) is 52.8 Å². The molecule has 1 aromatic carbocycles. The quantitative estimate of drug-likeness (QED) is 0.482. The van der Waals surface area contributed by atoms with E-state index in [1.165, 1.54) is 16.5 Å². The van der Waals surface area contributed by atoms with E-state index < -0.39 is 0 Å². The average Bonchev–Trinajstić information content (AvgIpc) is 3.67. The largest absolute Gasteiger partial charge is 0.385 e. The van der Waals surface area contributed by atoms with Crippen LogP contribution < -0.4 is 10.9 Å². The fourth-order valence-corrected chi connectivity index (χ4v) is 5.49. The fourth-order valence-electron chi connectivity index (χ4n) is 5.49. The van der Waals surface area contributed by atoms with Crippen molar-refractivity contribution in [1.29, 1.82) is 0 Å². The van der Waals surface area contributed by atoms with Crippen LogP contribution in [0.25, 0.3) is 10.9 Å². The number of hydrogen-bond donors (Lipinski definition) is 1. The Morgan fingerprint density at radius 2 is 2.03 bits per heavy atom. The lowest BCUT2D eigenvalue weighted by Gasteiger charge is -2.35. The molecule has 35 heavy (non-hydrogen) atoms. The second kappa shape index (κ2) is 10.4. The summed E-state index contributed by atoms with van der Waals surface area (Å²) in [5.41, 5.74) is 3.37. The van der Waals surface area contributed by atoms with Crippen molar-refractivity contribution in [3.05, 3.63) is 70.3 Å². The van der Waals surface area contributed by atoms with Crippen LogP contribution in [0.1, 0.15) is 42.7 Å². The maximum Gasteiger partial charge on any atom is 0.250 e. The van der Waals surface area contributed by atoms with Gasteiger partial charge in [-0.25, -0.2) is 0 Å². The van der Waals surface area contributed by atoms with Gasteiger partial charge in [0, 0.05) is 75.8 Å². The number of rotatable bonds is 9. The molecule has 1 aliphatic heterocycles. The SMILES string of the molecule is COCCCn1cc(CN(C(=O)[C@@H]2CNCC[C@H]2c2ccn(C)c(=O)c2)C2CC2)c2ccccc21. The smallest absolute Gasteiger partial charge is 0.250 e. The zero-order chi connectivity index (χ0) is 24.4. The highest BCUT2D eigenvalue weighted by Crippen LogP contribution is 2.36. The molecule has 1 saturated heterocycles. The molecule has 2 fully saturated rings. The summed E-state index contributed by atoms with van der Waals surface area (Å²) >= 11 is 0. The molecule has 0 spiro atoms. The molecule has 7 nitrogen and oxygen atoms in total. The molecular formula is C28H36N4O3. The van der Waals surface area contributed by atoms with E-state index in [0.29, 0.717) is 19.1 Å². The Morgan fingerprint density at radius 3 is 2.80 bits per heavy atom. The van der Waals surface area contributed by atoms with E-state index in [9.17, 15) is 9.59 Å². The van der Waals surface area contributed by atoms with E-state index >= 15 is 0 Å². The lowest BCUT2D eigenvalue weighted by molar-refractivity contribution is -0.138. The normalized spacial score (nSPS) is 20.3. The van der Waals surface area contributed by atoms with Crippen LogP contribution in [0.15, 0.2) is 53.6 Å². The van der Waals surface area contributed by atoms with Gasteiger partial charge in [0.05, 0.1) is 5.92 Å². The first-order chi connectivity index (χ1) is 17.1. The number of carbonyl (C=O) groups is 1. The van der Waals surface area contributed by atoms with Crippen molar-refractivity contribution >= 4 is 16.8 Å².